The summed E-state index contributed by atoms with van der Waals surface area (Å²) in [4.78, 5) is 25.4. The molecule has 2 aliphatic rings. The van der Waals surface area contributed by atoms with Gasteiger partial charge in [0.2, 0.25) is 5.91 Å². The van der Waals surface area contributed by atoms with E-state index < -0.39 is 5.97 Å². The first-order valence-electron chi connectivity index (χ1n) is 10.8. The van der Waals surface area contributed by atoms with Crippen LogP contribution >= 0.6 is 11.6 Å². The van der Waals surface area contributed by atoms with Gasteiger partial charge in [0.25, 0.3) is 0 Å². The lowest BCUT2D eigenvalue weighted by Gasteiger charge is -2.45. The number of ether oxygens (including phenoxy) is 1. The number of carboxylic acid groups (broad SMARTS) is 1. The van der Waals surface area contributed by atoms with Crippen molar-refractivity contribution >= 4 is 23.5 Å². The van der Waals surface area contributed by atoms with Crippen LogP contribution in [-0.4, -0.2) is 35.0 Å². The molecule has 1 aromatic carbocycles. The van der Waals surface area contributed by atoms with E-state index in [-0.39, 0.29) is 29.7 Å². The van der Waals surface area contributed by atoms with Gasteiger partial charge in [-0.05, 0) is 54.4 Å². The first-order chi connectivity index (χ1) is 14.1. The van der Waals surface area contributed by atoms with Gasteiger partial charge in [-0.15, -0.1) is 0 Å². The number of allylic oxidation sites excluding steroid dienone is 1. The Balaban J connectivity index is 1.83. The van der Waals surface area contributed by atoms with E-state index in [1.54, 1.807) is 4.90 Å². The third-order valence-corrected chi connectivity index (χ3v) is 6.46. The molecule has 30 heavy (non-hydrogen) atoms. The molecule has 1 atom stereocenters. The predicted octanol–water partition coefficient (Wildman–Crippen LogP) is 5.56. The normalized spacial score (nSPS) is 21.8. The van der Waals surface area contributed by atoms with Crippen LogP contribution < -0.4 is 4.74 Å². The SMILES string of the molecule is CC(C)(C)CCOc1ccc(C23CCCCC2=CN(CCC(=O)O)C(=O)C3)cc1Cl. The van der Waals surface area contributed by atoms with Crippen LogP contribution in [0.2, 0.25) is 5.02 Å². The molecule has 1 amide bonds. The Morgan fingerprint density at radius 1 is 1.30 bits per heavy atom. The highest BCUT2D eigenvalue weighted by atomic mass is 35.5. The number of carboxylic acids is 1. The number of rotatable bonds is 7. The fraction of sp³-hybridized carbons (Fsp3) is 0.583. The highest BCUT2D eigenvalue weighted by Gasteiger charge is 2.44. The van der Waals surface area contributed by atoms with Crippen LogP contribution in [0.5, 0.6) is 5.75 Å². The van der Waals surface area contributed by atoms with Gasteiger partial charge in [-0.25, -0.2) is 0 Å². The molecule has 0 radical (unpaired) electrons. The molecule has 1 aliphatic heterocycles. The zero-order valence-corrected chi connectivity index (χ0v) is 18.9. The summed E-state index contributed by atoms with van der Waals surface area (Å²) in [6.45, 7) is 7.36. The molecular formula is C24H32ClNO4. The van der Waals surface area contributed by atoms with Crippen LogP contribution in [0, 0.1) is 5.41 Å². The minimum atomic E-state index is -0.893. The van der Waals surface area contributed by atoms with Crippen LogP contribution in [0.25, 0.3) is 0 Å². The molecule has 0 saturated heterocycles. The van der Waals surface area contributed by atoms with Crippen molar-refractivity contribution < 1.29 is 19.4 Å². The summed E-state index contributed by atoms with van der Waals surface area (Å²) >= 11 is 6.57. The van der Waals surface area contributed by atoms with Crippen molar-refractivity contribution in [2.45, 2.75) is 71.1 Å². The summed E-state index contributed by atoms with van der Waals surface area (Å²) in [6.07, 6.45) is 7.10. The number of carbonyl (C=O) groups excluding carboxylic acids is 1. The quantitative estimate of drug-likeness (QED) is 0.611. The van der Waals surface area contributed by atoms with Gasteiger partial charge in [0.15, 0.2) is 0 Å². The summed E-state index contributed by atoms with van der Waals surface area (Å²) in [5.41, 5.74) is 2.11. The Morgan fingerprint density at radius 3 is 2.73 bits per heavy atom. The van der Waals surface area contributed by atoms with Crippen molar-refractivity contribution in [3.8, 4) is 5.75 Å². The molecule has 0 aromatic heterocycles. The Kier molecular flexibility index (Phi) is 6.81. The fourth-order valence-corrected chi connectivity index (χ4v) is 4.61. The highest BCUT2D eigenvalue weighted by Crippen LogP contribution is 2.49. The van der Waals surface area contributed by atoms with Gasteiger partial charge in [-0.3, -0.25) is 9.59 Å². The number of fused-ring (bicyclic) bond motifs is 1. The third kappa shape index (κ3) is 5.18. The van der Waals surface area contributed by atoms with Crippen LogP contribution in [0.1, 0.15) is 71.3 Å². The molecule has 1 saturated carbocycles. The number of hydrogen-bond donors (Lipinski definition) is 1. The molecule has 1 aliphatic carbocycles. The zero-order chi connectivity index (χ0) is 21.9. The number of carbonyl (C=O) groups is 2. The fourth-order valence-electron chi connectivity index (χ4n) is 4.37. The zero-order valence-electron chi connectivity index (χ0n) is 18.2. The van der Waals surface area contributed by atoms with Gasteiger partial charge in [0.1, 0.15) is 5.75 Å². The second-order valence-corrected chi connectivity index (χ2v) is 10.1. The van der Waals surface area contributed by atoms with E-state index in [0.29, 0.717) is 23.8 Å². The van der Waals surface area contributed by atoms with Crippen molar-refractivity contribution in [3.05, 3.63) is 40.6 Å². The summed E-state index contributed by atoms with van der Waals surface area (Å²) in [5, 5.41) is 9.54. The van der Waals surface area contributed by atoms with Gasteiger partial charge in [-0.1, -0.05) is 44.9 Å². The molecule has 0 spiro atoms. The molecule has 1 fully saturated rings. The molecular weight excluding hydrogens is 402 g/mol. The van der Waals surface area contributed by atoms with Crippen molar-refractivity contribution in [2.24, 2.45) is 5.41 Å². The molecule has 5 nitrogen and oxygen atoms in total. The minimum Gasteiger partial charge on any atom is -0.492 e. The van der Waals surface area contributed by atoms with E-state index in [4.69, 9.17) is 21.4 Å². The highest BCUT2D eigenvalue weighted by molar-refractivity contribution is 6.32. The average molecular weight is 434 g/mol. The first-order valence-corrected chi connectivity index (χ1v) is 11.1. The van der Waals surface area contributed by atoms with Gasteiger partial charge in [0.05, 0.1) is 18.1 Å². The van der Waals surface area contributed by atoms with E-state index >= 15 is 0 Å². The van der Waals surface area contributed by atoms with E-state index in [1.165, 1.54) is 5.57 Å². The average Bonchev–Trinajstić information content (AvgIpc) is 2.66. The van der Waals surface area contributed by atoms with Gasteiger partial charge in [0, 0.05) is 24.6 Å². The molecule has 6 heteroatoms. The van der Waals surface area contributed by atoms with Crippen LogP contribution in [-0.2, 0) is 15.0 Å². The number of halogens is 1. The maximum absolute atomic E-state index is 12.9. The Morgan fingerprint density at radius 2 is 2.07 bits per heavy atom. The Hall–Kier alpha value is -2.01. The molecule has 0 bridgehead atoms. The summed E-state index contributed by atoms with van der Waals surface area (Å²) in [6, 6.07) is 5.91. The molecule has 1 N–H and O–H groups in total. The van der Waals surface area contributed by atoms with Crippen molar-refractivity contribution in [3.63, 3.8) is 0 Å². The van der Waals surface area contributed by atoms with Crippen LogP contribution in [0.4, 0.5) is 0 Å². The molecule has 164 valence electrons. The summed E-state index contributed by atoms with van der Waals surface area (Å²) in [5.74, 6) is -0.244. The predicted molar refractivity (Wildman–Crippen MR) is 118 cm³/mol. The largest absolute Gasteiger partial charge is 0.492 e. The molecule has 1 heterocycles. The van der Waals surface area contributed by atoms with Gasteiger partial charge in [-0.2, -0.15) is 0 Å². The van der Waals surface area contributed by atoms with E-state index in [0.717, 1.165) is 37.7 Å². The second-order valence-electron chi connectivity index (χ2n) is 9.66. The minimum absolute atomic E-state index is 0.0245. The smallest absolute Gasteiger partial charge is 0.305 e. The second kappa shape index (κ2) is 9.01. The summed E-state index contributed by atoms with van der Waals surface area (Å²) < 4.78 is 5.90. The Labute approximate surface area is 184 Å². The number of nitrogens with zero attached hydrogens (tertiary/aromatic N) is 1. The van der Waals surface area contributed by atoms with Gasteiger partial charge < -0.3 is 14.7 Å². The third-order valence-electron chi connectivity index (χ3n) is 6.16. The molecule has 1 aromatic rings. The summed E-state index contributed by atoms with van der Waals surface area (Å²) in [7, 11) is 0. The van der Waals surface area contributed by atoms with E-state index in [9.17, 15) is 9.59 Å². The lowest BCUT2D eigenvalue weighted by molar-refractivity contribution is -0.138. The lowest BCUT2D eigenvalue weighted by atomic mass is 9.63. The number of benzene rings is 1. The Bertz CT molecular complexity index is 842. The lowest BCUT2D eigenvalue weighted by Crippen LogP contribution is -2.44. The molecule has 1 unspecified atom stereocenters. The van der Waals surface area contributed by atoms with Crippen LogP contribution in [0.15, 0.2) is 30.0 Å². The standard InChI is InChI=1S/C24H32ClNO4/c1-23(2,3)11-13-30-20-8-7-17(14-19(20)25)24-10-5-4-6-18(24)16-26(21(27)15-24)12-9-22(28)29/h7-8,14,16H,4-6,9-13,15H2,1-3H3,(H,28,29). The maximum Gasteiger partial charge on any atom is 0.305 e. The van der Waals surface area contributed by atoms with Crippen molar-refractivity contribution in [1.82, 2.24) is 4.90 Å². The van der Waals surface area contributed by atoms with E-state index in [2.05, 4.69) is 20.8 Å². The van der Waals surface area contributed by atoms with E-state index in [1.807, 2.05) is 24.4 Å². The first kappa shape index (κ1) is 22.7. The topological polar surface area (TPSA) is 66.8 Å². The van der Waals surface area contributed by atoms with Gasteiger partial charge >= 0.3 is 5.97 Å². The number of hydrogen-bond acceptors (Lipinski definition) is 3. The maximum atomic E-state index is 12.9. The number of aliphatic carboxylic acids is 1. The monoisotopic (exact) mass is 433 g/mol. The van der Waals surface area contributed by atoms with Crippen molar-refractivity contribution in [2.75, 3.05) is 13.2 Å². The molecule has 3 rings (SSSR count). The van der Waals surface area contributed by atoms with Crippen LogP contribution in [0.3, 0.4) is 0 Å². The number of amides is 1. The van der Waals surface area contributed by atoms with Crippen molar-refractivity contribution in [1.29, 1.82) is 0 Å².